The second kappa shape index (κ2) is 5.76. The van der Waals surface area contributed by atoms with E-state index in [0.717, 1.165) is 35.5 Å². The molecular weight excluding hydrogens is 244 g/mol. The van der Waals surface area contributed by atoms with Gasteiger partial charge in [-0.3, -0.25) is 4.79 Å². The number of carbonyl (C=O) groups is 1. The van der Waals surface area contributed by atoms with Crippen molar-refractivity contribution in [1.82, 2.24) is 4.90 Å². The number of benzene rings is 1. The smallest absolute Gasteiger partial charge is 0.254 e. The van der Waals surface area contributed by atoms with Gasteiger partial charge in [0, 0.05) is 23.5 Å². The minimum absolute atomic E-state index is 0.152. The Morgan fingerprint density at radius 2 is 2.33 bits per heavy atom. The lowest BCUT2D eigenvalue weighted by Crippen LogP contribution is -2.30. The molecule has 1 aromatic carbocycles. The summed E-state index contributed by atoms with van der Waals surface area (Å²) >= 11 is 1.67. The van der Waals surface area contributed by atoms with Gasteiger partial charge < -0.3 is 10.6 Å². The minimum Gasteiger partial charge on any atom is -0.338 e. The molecule has 1 atom stereocenters. The van der Waals surface area contributed by atoms with E-state index < -0.39 is 0 Å². The minimum atomic E-state index is 0.152. The maximum atomic E-state index is 12.5. The number of nitrogens with zero attached hydrogens (tertiary/aromatic N) is 1. The molecule has 1 amide bonds. The Balaban J connectivity index is 2.18. The fourth-order valence-corrected chi connectivity index (χ4v) is 2.78. The zero-order chi connectivity index (χ0) is 13.1. The van der Waals surface area contributed by atoms with Gasteiger partial charge in [0.25, 0.3) is 5.91 Å². The van der Waals surface area contributed by atoms with Gasteiger partial charge in [-0.25, -0.2) is 0 Å². The third-order valence-electron chi connectivity index (χ3n) is 3.58. The van der Waals surface area contributed by atoms with Crippen LogP contribution in [0.5, 0.6) is 0 Å². The number of nitrogens with two attached hydrogens (primary N) is 1. The van der Waals surface area contributed by atoms with E-state index in [0.29, 0.717) is 12.5 Å². The summed E-state index contributed by atoms with van der Waals surface area (Å²) in [5.41, 5.74) is 7.55. The zero-order valence-electron chi connectivity index (χ0n) is 11.0. The summed E-state index contributed by atoms with van der Waals surface area (Å²) in [6.45, 7) is 4.31. The molecule has 0 saturated carbocycles. The molecule has 0 aromatic heterocycles. The molecule has 0 bridgehead atoms. The average molecular weight is 264 g/mol. The molecule has 0 radical (unpaired) electrons. The first-order chi connectivity index (χ1) is 8.65. The fraction of sp³-hybridized carbons (Fsp3) is 0.500. The molecule has 98 valence electrons. The molecule has 1 fully saturated rings. The third-order valence-corrected chi connectivity index (χ3v) is 4.31. The van der Waals surface area contributed by atoms with Crippen molar-refractivity contribution < 1.29 is 4.79 Å². The summed E-state index contributed by atoms with van der Waals surface area (Å²) in [5.74, 6) is 0.623. The summed E-state index contributed by atoms with van der Waals surface area (Å²) in [6.07, 6.45) is 3.06. The number of thioether (sulfide) groups is 1. The first-order valence-electron chi connectivity index (χ1n) is 6.29. The quantitative estimate of drug-likeness (QED) is 0.851. The van der Waals surface area contributed by atoms with Gasteiger partial charge in [0.2, 0.25) is 0 Å². The first kappa shape index (κ1) is 13.4. The number of hydrogen-bond donors (Lipinski definition) is 1. The van der Waals surface area contributed by atoms with Crippen LogP contribution in [0.25, 0.3) is 0 Å². The SMILES string of the molecule is CSc1ccc(C)c(C(=O)N2CCC(CN)C2)c1. The van der Waals surface area contributed by atoms with Crippen molar-refractivity contribution >= 4 is 17.7 Å². The van der Waals surface area contributed by atoms with Gasteiger partial charge in [-0.2, -0.15) is 0 Å². The third kappa shape index (κ3) is 2.70. The highest BCUT2D eigenvalue weighted by Gasteiger charge is 2.26. The van der Waals surface area contributed by atoms with Crippen molar-refractivity contribution in [3.8, 4) is 0 Å². The van der Waals surface area contributed by atoms with Crippen LogP contribution >= 0.6 is 11.8 Å². The van der Waals surface area contributed by atoms with E-state index in [1.54, 1.807) is 11.8 Å². The number of rotatable bonds is 3. The predicted octanol–water partition coefficient (Wildman–Crippen LogP) is 2.14. The van der Waals surface area contributed by atoms with Crippen LogP contribution < -0.4 is 5.73 Å². The molecule has 4 heteroatoms. The molecule has 1 heterocycles. The maximum absolute atomic E-state index is 12.5. The molecule has 2 rings (SSSR count). The molecule has 18 heavy (non-hydrogen) atoms. The van der Waals surface area contributed by atoms with E-state index in [4.69, 9.17) is 5.73 Å². The molecule has 1 aliphatic heterocycles. The summed E-state index contributed by atoms with van der Waals surface area (Å²) in [6, 6.07) is 6.08. The van der Waals surface area contributed by atoms with Gasteiger partial charge >= 0.3 is 0 Å². The molecule has 2 N–H and O–H groups in total. The van der Waals surface area contributed by atoms with Gasteiger partial charge in [0.1, 0.15) is 0 Å². The Hall–Kier alpha value is -1.00. The normalized spacial score (nSPS) is 19.3. The Bertz CT molecular complexity index is 447. The number of hydrogen-bond acceptors (Lipinski definition) is 3. The van der Waals surface area contributed by atoms with E-state index in [2.05, 4.69) is 6.07 Å². The Kier molecular flexibility index (Phi) is 4.30. The topological polar surface area (TPSA) is 46.3 Å². The molecule has 1 unspecified atom stereocenters. The van der Waals surface area contributed by atoms with Crippen molar-refractivity contribution in [3.63, 3.8) is 0 Å². The number of likely N-dealkylation sites (tertiary alicyclic amines) is 1. The van der Waals surface area contributed by atoms with Crippen LogP contribution in [-0.2, 0) is 0 Å². The van der Waals surface area contributed by atoms with Crippen LogP contribution in [0.2, 0.25) is 0 Å². The van der Waals surface area contributed by atoms with E-state index in [9.17, 15) is 4.79 Å². The predicted molar refractivity (Wildman–Crippen MR) is 76.0 cm³/mol. The lowest BCUT2D eigenvalue weighted by atomic mass is 10.1. The van der Waals surface area contributed by atoms with Crippen LogP contribution in [-0.4, -0.2) is 36.7 Å². The van der Waals surface area contributed by atoms with E-state index >= 15 is 0 Å². The number of amides is 1. The van der Waals surface area contributed by atoms with Gasteiger partial charge in [0.15, 0.2) is 0 Å². The molecular formula is C14H20N2OS. The highest BCUT2D eigenvalue weighted by molar-refractivity contribution is 7.98. The lowest BCUT2D eigenvalue weighted by molar-refractivity contribution is 0.0786. The van der Waals surface area contributed by atoms with Gasteiger partial charge in [-0.05, 0) is 49.8 Å². The average Bonchev–Trinajstić information content (AvgIpc) is 2.87. The van der Waals surface area contributed by atoms with Gasteiger partial charge in [0.05, 0.1) is 0 Å². The Morgan fingerprint density at radius 1 is 1.56 bits per heavy atom. The van der Waals surface area contributed by atoms with Crippen molar-refractivity contribution in [3.05, 3.63) is 29.3 Å². The number of aryl methyl sites for hydroxylation is 1. The number of carbonyl (C=O) groups excluding carboxylic acids is 1. The largest absolute Gasteiger partial charge is 0.338 e. The van der Waals surface area contributed by atoms with Crippen LogP contribution in [0.1, 0.15) is 22.3 Å². The maximum Gasteiger partial charge on any atom is 0.254 e. The summed E-state index contributed by atoms with van der Waals surface area (Å²) in [7, 11) is 0. The Labute approximate surface area is 113 Å². The lowest BCUT2D eigenvalue weighted by Gasteiger charge is -2.18. The van der Waals surface area contributed by atoms with E-state index in [-0.39, 0.29) is 5.91 Å². The van der Waals surface area contributed by atoms with Gasteiger partial charge in [-0.1, -0.05) is 6.07 Å². The first-order valence-corrected chi connectivity index (χ1v) is 7.52. The highest BCUT2D eigenvalue weighted by Crippen LogP contribution is 2.23. The Morgan fingerprint density at radius 3 is 2.94 bits per heavy atom. The molecule has 0 spiro atoms. The van der Waals surface area contributed by atoms with Crippen molar-refractivity contribution in [1.29, 1.82) is 0 Å². The van der Waals surface area contributed by atoms with E-state index in [1.165, 1.54) is 0 Å². The van der Waals surface area contributed by atoms with Crippen LogP contribution in [0, 0.1) is 12.8 Å². The van der Waals surface area contributed by atoms with E-state index in [1.807, 2.05) is 30.2 Å². The summed E-state index contributed by atoms with van der Waals surface area (Å²) < 4.78 is 0. The molecule has 0 aliphatic carbocycles. The van der Waals surface area contributed by atoms with Crippen LogP contribution in [0.4, 0.5) is 0 Å². The molecule has 1 saturated heterocycles. The zero-order valence-corrected chi connectivity index (χ0v) is 11.8. The van der Waals surface area contributed by atoms with Crippen LogP contribution in [0.15, 0.2) is 23.1 Å². The monoisotopic (exact) mass is 264 g/mol. The van der Waals surface area contributed by atoms with Crippen molar-refractivity contribution in [2.75, 3.05) is 25.9 Å². The molecule has 1 aromatic rings. The summed E-state index contributed by atoms with van der Waals surface area (Å²) in [5, 5.41) is 0. The van der Waals surface area contributed by atoms with Crippen molar-refractivity contribution in [2.24, 2.45) is 11.7 Å². The fourth-order valence-electron chi connectivity index (χ4n) is 2.34. The standard InChI is InChI=1S/C14H20N2OS/c1-10-3-4-12(18-2)7-13(10)14(17)16-6-5-11(8-15)9-16/h3-4,7,11H,5-6,8-9,15H2,1-2H3. The summed E-state index contributed by atoms with van der Waals surface area (Å²) in [4.78, 5) is 15.5. The van der Waals surface area contributed by atoms with Crippen LogP contribution in [0.3, 0.4) is 0 Å². The highest BCUT2D eigenvalue weighted by atomic mass is 32.2. The second-order valence-electron chi connectivity index (χ2n) is 4.82. The molecule has 1 aliphatic rings. The molecule has 3 nitrogen and oxygen atoms in total. The van der Waals surface area contributed by atoms with Crippen molar-refractivity contribution in [2.45, 2.75) is 18.2 Å². The second-order valence-corrected chi connectivity index (χ2v) is 5.70. The van der Waals surface area contributed by atoms with Gasteiger partial charge in [-0.15, -0.1) is 11.8 Å².